The quantitative estimate of drug-likeness (QED) is 0.447. The minimum atomic E-state index is -1.04. The number of H-pyrrole nitrogens is 1. The van der Waals surface area contributed by atoms with Crippen molar-refractivity contribution in [3.8, 4) is 17.7 Å². The maximum Gasteiger partial charge on any atom is 0.219 e. The Bertz CT molecular complexity index is 1160. The van der Waals surface area contributed by atoms with Crippen LogP contribution in [0.5, 0.6) is 11.6 Å². The molecule has 4 aromatic rings. The van der Waals surface area contributed by atoms with Crippen molar-refractivity contribution in [2.75, 3.05) is 0 Å². The molecule has 0 aliphatic heterocycles. The lowest BCUT2D eigenvalue weighted by Crippen LogP contribution is -2.13. The molecule has 2 aromatic carbocycles. The van der Waals surface area contributed by atoms with Crippen molar-refractivity contribution in [2.45, 2.75) is 5.92 Å². The Balaban J connectivity index is 1.56. The van der Waals surface area contributed by atoms with Gasteiger partial charge in [-0.3, -0.25) is 4.79 Å². The number of imidazole rings is 1. The number of pyridine rings is 1. The largest absolute Gasteiger partial charge is 0.438 e. The summed E-state index contributed by atoms with van der Waals surface area (Å²) in [6.07, 6.45) is 1.40. The van der Waals surface area contributed by atoms with Gasteiger partial charge in [-0.05, 0) is 46.3 Å². The number of nitrogens with one attached hydrogen (secondary N) is 1. The lowest BCUT2D eigenvalue weighted by molar-refractivity contribution is 0.0976. The molecule has 4 rings (SSSR count). The summed E-state index contributed by atoms with van der Waals surface area (Å²) >= 11 is 3.41. The number of hydrogen-bond donors (Lipinski definition) is 1. The average molecular weight is 433 g/mol. The van der Waals surface area contributed by atoms with E-state index in [-0.39, 0.29) is 5.78 Å². The number of ketones is 1. The highest BCUT2D eigenvalue weighted by atomic mass is 79.9. The van der Waals surface area contributed by atoms with Crippen LogP contribution in [0.3, 0.4) is 0 Å². The molecule has 0 aliphatic rings. The second-order valence-corrected chi connectivity index (χ2v) is 6.84. The van der Waals surface area contributed by atoms with E-state index in [2.05, 4.69) is 30.9 Å². The number of para-hydroxylation sites is 3. The SMILES string of the molecule is N#C[C@H](C(=O)c1ccc(Oc2ccccc2Br)nc1)c1nc2ccccc2[nH]1. The monoisotopic (exact) mass is 432 g/mol. The van der Waals surface area contributed by atoms with Gasteiger partial charge in [-0.25, -0.2) is 9.97 Å². The minimum absolute atomic E-state index is 0.312. The summed E-state index contributed by atoms with van der Waals surface area (Å²) in [6.45, 7) is 0. The molecule has 7 heteroatoms. The normalized spacial score (nSPS) is 11.7. The average Bonchev–Trinajstić information content (AvgIpc) is 3.14. The molecule has 1 atom stereocenters. The van der Waals surface area contributed by atoms with E-state index in [1.165, 1.54) is 6.20 Å². The molecule has 0 aliphatic carbocycles. The molecule has 28 heavy (non-hydrogen) atoms. The second-order valence-electron chi connectivity index (χ2n) is 5.98. The van der Waals surface area contributed by atoms with Gasteiger partial charge in [-0.1, -0.05) is 24.3 Å². The maximum absolute atomic E-state index is 12.8. The number of Topliss-reactive ketones (excluding diaryl/α,β-unsaturated/α-hetero) is 1. The zero-order valence-corrected chi connectivity index (χ0v) is 16.1. The van der Waals surface area contributed by atoms with Crippen LogP contribution in [0, 0.1) is 11.3 Å². The van der Waals surface area contributed by atoms with E-state index in [1.807, 2.05) is 48.5 Å². The van der Waals surface area contributed by atoms with Crippen molar-refractivity contribution < 1.29 is 9.53 Å². The Labute approximate surface area is 169 Å². The molecule has 0 spiro atoms. The third kappa shape index (κ3) is 3.50. The Kier molecular flexibility index (Phi) is 4.87. The Morgan fingerprint density at radius 2 is 1.89 bits per heavy atom. The number of carbonyl (C=O) groups is 1. The summed E-state index contributed by atoms with van der Waals surface area (Å²) in [5.41, 5.74) is 1.80. The predicted octanol–water partition coefficient (Wildman–Crippen LogP) is 5.00. The van der Waals surface area contributed by atoms with Gasteiger partial charge in [-0.2, -0.15) is 5.26 Å². The van der Waals surface area contributed by atoms with Gasteiger partial charge in [0, 0.05) is 17.8 Å². The summed E-state index contributed by atoms with van der Waals surface area (Å²) in [7, 11) is 0. The molecular weight excluding hydrogens is 420 g/mol. The predicted molar refractivity (Wildman–Crippen MR) is 107 cm³/mol. The molecule has 0 amide bonds. The van der Waals surface area contributed by atoms with Crippen molar-refractivity contribution in [1.82, 2.24) is 15.0 Å². The molecule has 0 bridgehead atoms. The van der Waals surface area contributed by atoms with Gasteiger partial charge in [0.2, 0.25) is 5.88 Å². The number of benzene rings is 2. The molecule has 6 nitrogen and oxygen atoms in total. The molecule has 0 unspecified atom stereocenters. The van der Waals surface area contributed by atoms with Gasteiger partial charge in [0.05, 0.1) is 21.6 Å². The fourth-order valence-electron chi connectivity index (χ4n) is 2.75. The van der Waals surface area contributed by atoms with Gasteiger partial charge < -0.3 is 9.72 Å². The van der Waals surface area contributed by atoms with Crippen LogP contribution in [0.2, 0.25) is 0 Å². The van der Waals surface area contributed by atoms with Crippen LogP contribution in [-0.4, -0.2) is 20.7 Å². The van der Waals surface area contributed by atoms with Crippen LogP contribution < -0.4 is 4.74 Å². The van der Waals surface area contributed by atoms with E-state index in [9.17, 15) is 10.1 Å². The highest BCUT2D eigenvalue weighted by Crippen LogP contribution is 2.28. The molecule has 0 fully saturated rings. The molecule has 2 aromatic heterocycles. The van der Waals surface area contributed by atoms with Crippen molar-refractivity contribution in [3.63, 3.8) is 0 Å². The summed E-state index contributed by atoms with van der Waals surface area (Å²) in [5.74, 6) is -0.125. The van der Waals surface area contributed by atoms with E-state index in [1.54, 1.807) is 18.2 Å². The molecule has 0 radical (unpaired) electrons. The first kappa shape index (κ1) is 17.9. The van der Waals surface area contributed by atoms with Crippen LogP contribution >= 0.6 is 15.9 Å². The van der Waals surface area contributed by atoms with E-state index < -0.39 is 5.92 Å². The molecule has 2 heterocycles. The van der Waals surface area contributed by atoms with Crippen molar-refractivity contribution in [3.05, 3.63) is 82.7 Å². The Hall–Kier alpha value is -3.50. The number of ether oxygens (including phenoxy) is 1. The topological polar surface area (TPSA) is 91.7 Å². The number of nitrogens with zero attached hydrogens (tertiary/aromatic N) is 3. The highest BCUT2D eigenvalue weighted by molar-refractivity contribution is 9.10. The number of nitriles is 1. The van der Waals surface area contributed by atoms with Gasteiger partial charge >= 0.3 is 0 Å². The Morgan fingerprint density at radius 1 is 1.11 bits per heavy atom. The van der Waals surface area contributed by atoms with Gasteiger partial charge in [0.25, 0.3) is 0 Å². The maximum atomic E-state index is 12.8. The lowest BCUT2D eigenvalue weighted by atomic mass is 9.99. The van der Waals surface area contributed by atoms with Crippen molar-refractivity contribution in [1.29, 1.82) is 5.26 Å². The Morgan fingerprint density at radius 3 is 2.61 bits per heavy atom. The van der Waals surface area contributed by atoms with E-state index in [4.69, 9.17) is 4.74 Å². The summed E-state index contributed by atoms with van der Waals surface area (Å²) in [5, 5.41) is 9.54. The molecule has 1 N–H and O–H groups in total. The van der Waals surface area contributed by atoms with E-state index in [0.29, 0.717) is 28.5 Å². The van der Waals surface area contributed by atoms with Gasteiger partial charge in [0.15, 0.2) is 11.7 Å². The zero-order chi connectivity index (χ0) is 19.5. The molecular formula is C21H13BrN4O2. The summed E-state index contributed by atoms with van der Waals surface area (Å²) in [4.78, 5) is 24.4. The van der Waals surface area contributed by atoms with Crippen LogP contribution in [0.15, 0.2) is 71.3 Å². The summed E-state index contributed by atoms with van der Waals surface area (Å²) < 4.78 is 6.50. The van der Waals surface area contributed by atoms with Crippen LogP contribution in [-0.2, 0) is 0 Å². The lowest BCUT2D eigenvalue weighted by Gasteiger charge is -2.08. The number of hydrogen-bond acceptors (Lipinski definition) is 5. The zero-order valence-electron chi connectivity index (χ0n) is 14.5. The second kappa shape index (κ2) is 7.62. The number of halogens is 1. The number of carbonyl (C=O) groups excluding carboxylic acids is 1. The van der Waals surface area contributed by atoms with Gasteiger partial charge in [0.1, 0.15) is 11.6 Å². The van der Waals surface area contributed by atoms with Crippen LogP contribution in [0.25, 0.3) is 11.0 Å². The summed E-state index contributed by atoms with van der Waals surface area (Å²) in [6, 6.07) is 20.0. The smallest absolute Gasteiger partial charge is 0.219 e. The number of aromatic nitrogens is 3. The highest BCUT2D eigenvalue weighted by Gasteiger charge is 2.25. The third-order valence-electron chi connectivity index (χ3n) is 4.14. The van der Waals surface area contributed by atoms with Crippen LogP contribution in [0.4, 0.5) is 0 Å². The van der Waals surface area contributed by atoms with Crippen LogP contribution in [0.1, 0.15) is 22.1 Å². The first-order chi connectivity index (χ1) is 13.7. The first-order valence-corrected chi connectivity index (χ1v) is 9.22. The first-order valence-electron chi connectivity index (χ1n) is 8.42. The fourth-order valence-corrected chi connectivity index (χ4v) is 3.11. The van der Waals surface area contributed by atoms with Crippen molar-refractivity contribution in [2.24, 2.45) is 0 Å². The number of aromatic amines is 1. The van der Waals surface area contributed by atoms with E-state index >= 15 is 0 Å². The standard InChI is InChI=1S/C21H13BrN4O2/c22-15-5-1-4-8-18(15)28-19-10-9-13(12-24-19)20(27)14(11-23)21-25-16-6-2-3-7-17(16)26-21/h1-10,12,14H,(H,25,26)/t14-/m1/s1. The minimum Gasteiger partial charge on any atom is -0.438 e. The number of rotatable bonds is 5. The van der Waals surface area contributed by atoms with Crippen molar-refractivity contribution >= 4 is 32.7 Å². The van der Waals surface area contributed by atoms with E-state index in [0.717, 1.165) is 9.99 Å². The fraction of sp³-hybridized carbons (Fsp3) is 0.0476. The molecule has 0 saturated carbocycles. The van der Waals surface area contributed by atoms with Gasteiger partial charge in [-0.15, -0.1) is 0 Å². The number of fused-ring (bicyclic) bond motifs is 1. The molecule has 0 saturated heterocycles. The third-order valence-corrected chi connectivity index (χ3v) is 4.80. The molecule has 136 valence electrons.